The van der Waals surface area contributed by atoms with Crippen LogP contribution in [-0.4, -0.2) is 0 Å². The number of hydrogen-bond donors (Lipinski definition) is 0. The maximum absolute atomic E-state index is 3.29. The molecule has 0 amide bonds. The molecule has 0 unspecified atom stereocenters. The van der Waals surface area contributed by atoms with Crippen molar-refractivity contribution in [1.29, 1.82) is 0 Å². The monoisotopic (exact) mass is 228 g/mol. The molecule has 0 aromatic carbocycles. The minimum Gasteiger partial charge on any atom is -0.498 e. The van der Waals surface area contributed by atoms with Crippen molar-refractivity contribution in [2.45, 2.75) is 90.4 Å². The Morgan fingerprint density at radius 3 is 1.59 bits per heavy atom. The van der Waals surface area contributed by atoms with Gasteiger partial charge >= 0.3 is 18.9 Å². The number of allylic oxidation sites excluding steroid dienone is 2. The molecule has 0 heterocycles. The first-order valence-corrected chi connectivity index (χ1v) is 7.52. The second-order valence-electron chi connectivity index (χ2n) is 5.24. The van der Waals surface area contributed by atoms with Crippen molar-refractivity contribution in [3.8, 4) is 0 Å². The summed E-state index contributed by atoms with van der Waals surface area (Å²) in [5.41, 5.74) is 1.59. The molecule has 0 aliphatic heterocycles. The van der Waals surface area contributed by atoms with E-state index >= 15 is 0 Å². The zero-order valence-corrected chi connectivity index (χ0v) is 12.2. The third-order valence-corrected chi connectivity index (χ3v) is 3.51. The molecule has 0 aromatic rings. The third-order valence-electron chi connectivity index (χ3n) is 3.51. The van der Waals surface area contributed by atoms with E-state index < -0.39 is 0 Å². The van der Waals surface area contributed by atoms with Gasteiger partial charge in [0.05, 0.1) is 0 Å². The van der Waals surface area contributed by atoms with E-state index in [1.165, 1.54) is 83.5 Å². The summed E-state index contributed by atoms with van der Waals surface area (Å²) in [6.07, 6.45) is 21.8. The molecule has 1 aliphatic carbocycles. The van der Waals surface area contributed by atoms with Gasteiger partial charge in [0.15, 0.2) is 0 Å². The standard InChI is InChI=1S/C16H29.Li/c1-2-3-4-5-6-7-8-9-10-11-12-13-16-14-15-16;/h2-14H2,1H3;/q-1;+1. The van der Waals surface area contributed by atoms with E-state index in [1.807, 2.05) is 0 Å². The SMILES string of the molecule is CCCCCCCCCCCCCC1=[C-]C1.[Li+]. The van der Waals surface area contributed by atoms with Gasteiger partial charge in [-0.2, -0.15) is 6.42 Å². The molecule has 1 aliphatic rings. The zero-order chi connectivity index (χ0) is 11.5. The Bertz CT molecular complexity index is 184. The van der Waals surface area contributed by atoms with Crippen LogP contribution < -0.4 is 18.9 Å². The molecule has 0 saturated carbocycles. The van der Waals surface area contributed by atoms with Crippen LogP contribution in [0.15, 0.2) is 5.57 Å². The van der Waals surface area contributed by atoms with Gasteiger partial charge in [0, 0.05) is 0 Å². The summed E-state index contributed by atoms with van der Waals surface area (Å²) in [6.45, 7) is 2.29. The summed E-state index contributed by atoms with van der Waals surface area (Å²) < 4.78 is 0. The summed E-state index contributed by atoms with van der Waals surface area (Å²) in [6, 6.07) is 0. The predicted octanol–water partition coefficient (Wildman–Crippen LogP) is 2.82. The first kappa shape index (κ1) is 17.3. The van der Waals surface area contributed by atoms with Gasteiger partial charge in [0.2, 0.25) is 0 Å². The molecule has 1 heteroatoms. The quantitative estimate of drug-likeness (QED) is 0.274. The van der Waals surface area contributed by atoms with E-state index in [-0.39, 0.29) is 18.9 Å². The molecule has 0 radical (unpaired) electrons. The van der Waals surface area contributed by atoms with Crippen LogP contribution in [0.4, 0.5) is 0 Å². The van der Waals surface area contributed by atoms with Crippen LogP contribution in [0.5, 0.6) is 0 Å². The predicted molar refractivity (Wildman–Crippen MR) is 72.5 cm³/mol. The average Bonchev–Trinajstić information content (AvgIpc) is 3.10. The van der Waals surface area contributed by atoms with Crippen LogP contribution in [0.3, 0.4) is 0 Å². The first-order chi connectivity index (χ1) is 7.93. The maximum Gasteiger partial charge on any atom is 1.00 e. The summed E-state index contributed by atoms with van der Waals surface area (Å²) in [4.78, 5) is 0. The number of rotatable bonds is 12. The molecule has 0 saturated heterocycles. The van der Waals surface area contributed by atoms with Crippen LogP contribution in [0.2, 0.25) is 0 Å². The van der Waals surface area contributed by atoms with Crippen molar-refractivity contribution in [1.82, 2.24) is 0 Å². The average molecular weight is 228 g/mol. The van der Waals surface area contributed by atoms with Gasteiger partial charge in [-0.3, -0.25) is 5.57 Å². The second-order valence-corrected chi connectivity index (χ2v) is 5.24. The van der Waals surface area contributed by atoms with Gasteiger partial charge in [0.1, 0.15) is 0 Å². The molecule has 0 nitrogen and oxygen atoms in total. The number of unbranched alkanes of at least 4 members (excludes halogenated alkanes) is 10. The zero-order valence-electron chi connectivity index (χ0n) is 12.2. The molecule has 0 N–H and O–H groups in total. The molecule has 0 bridgehead atoms. The Kier molecular flexibility index (Phi) is 13.0. The van der Waals surface area contributed by atoms with E-state index in [0.29, 0.717) is 0 Å². The minimum absolute atomic E-state index is 0. The fourth-order valence-electron chi connectivity index (χ4n) is 2.24. The molecule has 0 fully saturated rings. The van der Waals surface area contributed by atoms with Crippen LogP contribution in [0.25, 0.3) is 0 Å². The Labute approximate surface area is 121 Å². The molecule has 1 rings (SSSR count). The molecule has 0 aromatic heterocycles. The van der Waals surface area contributed by atoms with Gasteiger partial charge in [-0.25, -0.2) is 0 Å². The van der Waals surface area contributed by atoms with E-state index in [0.717, 1.165) is 0 Å². The summed E-state index contributed by atoms with van der Waals surface area (Å²) in [7, 11) is 0. The Hall–Kier alpha value is 0.337. The molecule has 0 spiro atoms. The van der Waals surface area contributed by atoms with E-state index in [1.54, 1.807) is 5.57 Å². The van der Waals surface area contributed by atoms with Crippen molar-refractivity contribution in [3.05, 3.63) is 11.6 Å². The Morgan fingerprint density at radius 2 is 1.18 bits per heavy atom. The van der Waals surface area contributed by atoms with Crippen molar-refractivity contribution >= 4 is 0 Å². The molecule has 94 valence electrons. The second kappa shape index (κ2) is 12.8. The van der Waals surface area contributed by atoms with Crippen LogP contribution in [0, 0.1) is 6.08 Å². The minimum atomic E-state index is 0. The van der Waals surface area contributed by atoms with Crippen molar-refractivity contribution in [2.75, 3.05) is 0 Å². The maximum atomic E-state index is 3.29. The van der Waals surface area contributed by atoms with Gasteiger partial charge in [0.25, 0.3) is 0 Å². The number of hydrogen-bond acceptors (Lipinski definition) is 0. The van der Waals surface area contributed by atoms with E-state index in [2.05, 4.69) is 13.0 Å². The summed E-state index contributed by atoms with van der Waals surface area (Å²) in [5.74, 6) is 0. The fraction of sp³-hybridized carbons (Fsp3) is 0.875. The topological polar surface area (TPSA) is 0 Å². The van der Waals surface area contributed by atoms with Gasteiger partial charge in [-0.1, -0.05) is 84.0 Å². The normalized spacial score (nSPS) is 13.1. The Balaban J connectivity index is 0.00000256. The van der Waals surface area contributed by atoms with Crippen molar-refractivity contribution in [3.63, 3.8) is 0 Å². The smallest absolute Gasteiger partial charge is 0.498 e. The summed E-state index contributed by atoms with van der Waals surface area (Å²) >= 11 is 0. The first-order valence-electron chi connectivity index (χ1n) is 7.52. The van der Waals surface area contributed by atoms with E-state index in [9.17, 15) is 0 Å². The van der Waals surface area contributed by atoms with Gasteiger partial charge in [-0.05, 0) is 0 Å². The molecule has 17 heavy (non-hydrogen) atoms. The summed E-state index contributed by atoms with van der Waals surface area (Å²) in [5, 5.41) is 0. The fourth-order valence-corrected chi connectivity index (χ4v) is 2.24. The van der Waals surface area contributed by atoms with Crippen LogP contribution >= 0.6 is 0 Å². The largest absolute Gasteiger partial charge is 1.00 e. The molecular formula is C16H29Li. The molecule has 0 atom stereocenters. The van der Waals surface area contributed by atoms with E-state index in [4.69, 9.17) is 0 Å². The third kappa shape index (κ3) is 12.6. The molecular weight excluding hydrogens is 199 g/mol. The van der Waals surface area contributed by atoms with Crippen LogP contribution in [0.1, 0.15) is 90.4 Å². The van der Waals surface area contributed by atoms with Crippen molar-refractivity contribution in [2.24, 2.45) is 0 Å². The van der Waals surface area contributed by atoms with Gasteiger partial charge in [-0.15, -0.1) is 0 Å². The van der Waals surface area contributed by atoms with Crippen LogP contribution in [-0.2, 0) is 0 Å². The Morgan fingerprint density at radius 1 is 0.765 bits per heavy atom. The van der Waals surface area contributed by atoms with Gasteiger partial charge < -0.3 is 6.08 Å². The van der Waals surface area contributed by atoms with Crippen molar-refractivity contribution < 1.29 is 18.9 Å².